The van der Waals surface area contributed by atoms with Crippen LogP contribution in [0.25, 0.3) is 0 Å². The molecule has 0 aliphatic carbocycles. The molecule has 0 aromatic carbocycles. The van der Waals surface area contributed by atoms with Crippen molar-refractivity contribution in [2.24, 2.45) is 4.99 Å². The summed E-state index contributed by atoms with van der Waals surface area (Å²) in [5, 5.41) is 10.5. The summed E-state index contributed by atoms with van der Waals surface area (Å²) in [6.45, 7) is 12.1. The van der Waals surface area contributed by atoms with E-state index < -0.39 is 0 Å². The van der Waals surface area contributed by atoms with Crippen LogP contribution < -0.4 is 10.6 Å². The maximum atomic E-state index is 5.32. The molecule has 24 heavy (non-hydrogen) atoms. The molecule has 140 valence electrons. The van der Waals surface area contributed by atoms with Crippen molar-refractivity contribution in [3.8, 4) is 0 Å². The number of nitrogens with one attached hydrogen (secondary N) is 2. The summed E-state index contributed by atoms with van der Waals surface area (Å²) in [6, 6.07) is 0. The zero-order chi connectivity index (χ0) is 16.9. The molecule has 0 aliphatic rings. The van der Waals surface area contributed by atoms with Gasteiger partial charge in [0.25, 0.3) is 0 Å². The van der Waals surface area contributed by atoms with Crippen LogP contribution in [-0.4, -0.2) is 48.9 Å². The van der Waals surface area contributed by atoms with Crippen molar-refractivity contribution >= 4 is 29.9 Å². The molecule has 0 amide bonds. The summed E-state index contributed by atoms with van der Waals surface area (Å²) in [6.07, 6.45) is 2.61. The zero-order valence-corrected chi connectivity index (χ0v) is 17.6. The molecule has 0 bridgehead atoms. The van der Waals surface area contributed by atoms with Crippen LogP contribution in [0.5, 0.6) is 0 Å². The van der Waals surface area contributed by atoms with E-state index >= 15 is 0 Å². The first-order chi connectivity index (χ1) is 11.2. The number of aromatic nitrogens is 2. The highest BCUT2D eigenvalue weighted by Gasteiger charge is 2.08. The summed E-state index contributed by atoms with van der Waals surface area (Å²) in [5.41, 5.74) is 0. The van der Waals surface area contributed by atoms with Crippen LogP contribution in [0.2, 0.25) is 0 Å². The molecule has 0 radical (unpaired) electrons. The lowest BCUT2D eigenvalue weighted by Crippen LogP contribution is -2.38. The summed E-state index contributed by atoms with van der Waals surface area (Å²) >= 11 is 0. The second-order valence-corrected chi connectivity index (χ2v) is 5.54. The fourth-order valence-electron chi connectivity index (χ4n) is 1.89. The summed E-state index contributed by atoms with van der Waals surface area (Å²) < 4.78 is 10.5. The van der Waals surface area contributed by atoms with Gasteiger partial charge in [0.2, 0.25) is 5.89 Å². The Morgan fingerprint density at radius 3 is 2.67 bits per heavy atom. The van der Waals surface area contributed by atoms with E-state index in [4.69, 9.17) is 9.26 Å². The number of nitrogens with zero attached hydrogens (tertiary/aromatic N) is 3. The van der Waals surface area contributed by atoms with E-state index in [9.17, 15) is 0 Å². The summed E-state index contributed by atoms with van der Waals surface area (Å²) in [5.74, 6) is 2.61. The van der Waals surface area contributed by atoms with E-state index in [2.05, 4.69) is 46.5 Å². The van der Waals surface area contributed by atoms with E-state index in [1.165, 1.54) is 0 Å². The van der Waals surface area contributed by atoms with Gasteiger partial charge in [0.05, 0.1) is 0 Å². The first-order valence-electron chi connectivity index (χ1n) is 8.59. The highest BCUT2D eigenvalue weighted by molar-refractivity contribution is 14.0. The normalized spacial score (nSPS) is 11.5. The van der Waals surface area contributed by atoms with Gasteiger partial charge in [0, 0.05) is 45.2 Å². The van der Waals surface area contributed by atoms with Crippen LogP contribution in [0, 0.1) is 0 Å². The van der Waals surface area contributed by atoms with Gasteiger partial charge in [-0.05, 0) is 26.7 Å². The molecule has 8 heteroatoms. The number of ether oxygens (including phenoxy) is 1. The Labute approximate surface area is 162 Å². The van der Waals surface area contributed by atoms with Crippen LogP contribution in [-0.2, 0) is 11.2 Å². The molecule has 0 spiro atoms. The smallest absolute Gasteiger partial charge is 0.226 e. The average molecular weight is 453 g/mol. The average Bonchev–Trinajstić information content (AvgIpc) is 3.00. The van der Waals surface area contributed by atoms with Crippen molar-refractivity contribution in [3.05, 3.63) is 11.7 Å². The predicted octanol–water partition coefficient (Wildman–Crippen LogP) is 2.73. The van der Waals surface area contributed by atoms with Crippen molar-refractivity contribution in [2.75, 3.05) is 32.8 Å². The molecule has 1 aromatic rings. The Balaban J connectivity index is 0.00000529. The van der Waals surface area contributed by atoms with Gasteiger partial charge in [-0.2, -0.15) is 4.98 Å². The van der Waals surface area contributed by atoms with Gasteiger partial charge in [-0.3, -0.25) is 4.99 Å². The number of guanidine groups is 1. The molecular weight excluding hydrogens is 421 g/mol. The Hall–Kier alpha value is -0.900. The molecule has 1 rings (SSSR count). The number of aryl methyl sites for hydroxylation is 1. The first kappa shape index (κ1) is 23.1. The maximum Gasteiger partial charge on any atom is 0.226 e. The SMILES string of the molecule is CCNC(=NCCCc1nc(C(C)C)no1)NCCCOCC.I. The topological polar surface area (TPSA) is 84.6 Å². The molecule has 0 aliphatic heterocycles. The molecule has 2 N–H and O–H groups in total. The van der Waals surface area contributed by atoms with E-state index in [0.29, 0.717) is 11.8 Å². The lowest BCUT2D eigenvalue weighted by molar-refractivity contribution is 0.145. The highest BCUT2D eigenvalue weighted by Crippen LogP contribution is 2.10. The van der Waals surface area contributed by atoms with E-state index in [1.54, 1.807) is 0 Å². The van der Waals surface area contributed by atoms with E-state index in [0.717, 1.165) is 63.9 Å². The monoisotopic (exact) mass is 453 g/mol. The van der Waals surface area contributed by atoms with Gasteiger partial charge in [-0.15, -0.1) is 24.0 Å². The molecule has 0 fully saturated rings. The van der Waals surface area contributed by atoms with Crippen LogP contribution in [0.15, 0.2) is 9.52 Å². The third kappa shape index (κ3) is 10.1. The molecule has 7 nitrogen and oxygen atoms in total. The zero-order valence-electron chi connectivity index (χ0n) is 15.3. The Morgan fingerprint density at radius 2 is 2.04 bits per heavy atom. The van der Waals surface area contributed by atoms with Gasteiger partial charge >= 0.3 is 0 Å². The van der Waals surface area contributed by atoms with Crippen molar-refractivity contribution in [2.45, 2.75) is 52.9 Å². The predicted molar refractivity (Wildman–Crippen MR) is 107 cm³/mol. The third-order valence-corrected chi connectivity index (χ3v) is 3.13. The van der Waals surface area contributed by atoms with Crippen molar-refractivity contribution in [1.82, 2.24) is 20.8 Å². The number of halogens is 1. The molecular formula is C16H32IN5O2. The number of rotatable bonds is 11. The van der Waals surface area contributed by atoms with E-state index in [1.807, 2.05) is 6.92 Å². The van der Waals surface area contributed by atoms with Crippen molar-refractivity contribution in [3.63, 3.8) is 0 Å². The second-order valence-electron chi connectivity index (χ2n) is 5.54. The highest BCUT2D eigenvalue weighted by atomic mass is 127. The summed E-state index contributed by atoms with van der Waals surface area (Å²) in [7, 11) is 0. The molecule has 1 aromatic heterocycles. The van der Waals surface area contributed by atoms with Crippen molar-refractivity contribution < 1.29 is 9.26 Å². The van der Waals surface area contributed by atoms with Gasteiger partial charge in [0.1, 0.15) is 0 Å². The number of hydrogen-bond acceptors (Lipinski definition) is 5. The lowest BCUT2D eigenvalue weighted by atomic mass is 10.2. The molecule has 0 saturated carbocycles. The fourth-order valence-corrected chi connectivity index (χ4v) is 1.89. The van der Waals surface area contributed by atoms with Crippen LogP contribution in [0.4, 0.5) is 0 Å². The number of hydrogen-bond donors (Lipinski definition) is 2. The molecule has 0 unspecified atom stereocenters. The largest absolute Gasteiger partial charge is 0.382 e. The quantitative estimate of drug-likeness (QED) is 0.232. The van der Waals surface area contributed by atoms with Crippen LogP contribution in [0.3, 0.4) is 0 Å². The minimum Gasteiger partial charge on any atom is -0.382 e. The molecule has 1 heterocycles. The summed E-state index contributed by atoms with van der Waals surface area (Å²) in [4.78, 5) is 8.92. The minimum atomic E-state index is 0. The van der Waals surface area contributed by atoms with E-state index in [-0.39, 0.29) is 24.0 Å². The Bertz CT molecular complexity index is 451. The Morgan fingerprint density at radius 1 is 1.25 bits per heavy atom. The second kappa shape index (κ2) is 14.4. The van der Waals surface area contributed by atoms with Gasteiger partial charge in [-0.25, -0.2) is 0 Å². The molecule has 0 atom stereocenters. The first-order valence-corrected chi connectivity index (χ1v) is 8.59. The fraction of sp³-hybridized carbons (Fsp3) is 0.812. The van der Waals surface area contributed by atoms with Gasteiger partial charge < -0.3 is 19.9 Å². The van der Waals surface area contributed by atoms with Crippen LogP contribution >= 0.6 is 24.0 Å². The Kier molecular flexibility index (Phi) is 13.9. The van der Waals surface area contributed by atoms with Crippen molar-refractivity contribution in [1.29, 1.82) is 0 Å². The maximum absolute atomic E-state index is 5.32. The third-order valence-electron chi connectivity index (χ3n) is 3.13. The van der Waals surface area contributed by atoms with Gasteiger partial charge in [0.15, 0.2) is 11.8 Å². The standard InChI is InChI=1S/C16H31N5O2.HI/c1-5-17-16(19-11-8-12-22-6-2)18-10-7-9-14-20-15(13(3)4)21-23-14;/h13H,5-12H2,1-4H3,(H2,17,18,19);1H. The minimum absolute atomic E-state index is 0. The van der Waals surface area contributed by atoms with Crippen LogP contribution in [0.1, 0.15) is 58.2 Å². The van der Waals surface area contributed by atoms with Gasteiger partial charge in [-0.1, -0.05) is 19.0 Å². The number of aliphatic imine (C=N–C) groups is 1. The molecule has 0 saturated heterocycles. The lowest BCUT2D eigenvalue weighted by Gasteiger charge is -2.11.